The second-order valence-electron chi connectivity index (χ2n) is 4.93. The van der Waals surface area contributed by atoms with E-state index in [1.54, 1.807) is 6.07 Å². The predicted molar refractivity (Wildman–Crippen MR) is 69.5 cm³/mol. The highest BCUT2D eigenvalue weighted by Crippen LogP contribution is 2.38. The standard InChI is InChI=1S/C14H15N3O/c1-8-5-11(6-9(2)15-8)14-16-12(10-3-4-10)7-13(18)17-14/h5-7,10H,3-4H2,1-2H3,(H,16,17,18). The van der Waals surface area contributed by atoms with Crippen molar-refractivity contribution in [3.63, 3.8) is 0 Å². The fraction of sp³-hybridized carbons (Fsp3) is 0.357. The van der Waals surface area contributed by atoms with Crippen molar-refractivity contribution in [3.05, 3.63) is 45.6 Å². The zero-order chi connectivity index (χ0) is 12.7. The summed E-state index contributed by atoms with van der Waals surface area (Å²) in [7, 11) is 0. The molecule has 4 heteroatoms. The molecule has 1 N–H and O–H groups in total. The minimum absolute atomic E-state index is 0.0750. The molecule has 92 valence electrons. The molecule has 2 aromatic heterocycles. The van der Waals surface area contributed by atoms with Gasteiger partial charge in [-0.2, -0.15) is 0 Å². The van der Waals surface area contributed by atoms with Crippen LogP contribution in [-0.4, -0.2) is 15.0 Å². The van der Waals surface area contributed by atoms with Gasteiger partial charge in [-0.1, -0.05) is 0 Å². The summed E-state index contributed by atoms with van der Waals surface area (Å²) in [6.45, 7) is 3.89. The van der Waals surface area contributed by atoms with Crippen molar-refractivity contribution in [2.75, 3.05) is 0 Å². The van der Waals surface area contributed by atoms with Gasteiger partial charge in [-0.3, -0.25) is 9.78 Å². The van der Waals surface area contributed by atoms with Crippen LogP contribution >= 0.6 is 0 Å². The molecule has 1 fully saturated rings. The van der Waals surface area contributed by atoms with Crippen molar-refractivity contribution < 1.29 is 0 Å². The second-order valence-corrected chi connectivity index (χ2v) is 4.93. The van der Waals surface area contributed by atoms with Gasteiger partial charge < -0.3 is 4.98 Å². The third-order valence-electron chi connectivity index (χ3n) is 3.11. The van der Waals surface area contributed by atoms with E-state index in [0.717, 1.165) is 35.5 Å². The molecule has 0 atom stereocenters. The van der Waals surface area contributed by atoms with Gasteiger partial charge in [0.2, 0.25) is 0 Å². The summed E-state index contributed by atoms with van der Waals surface area (Å²) in [6, 6.07) is 5.51. The SMILES string of the molecule is Cc1cc(-c2nc(C3CC3)cc(=O)[nH]2)cc(C)n1. The molecule has 0 radical (unpaired) electrons. The Bertz CT molecular complexity index is 636. The van der Waals surface area contributed by atoms with E-state index in [2.05, 4.69) is 15.0 Å². The first kappa shape index (κ1) is 11.1. The maximum atomic E-state index is 11.7. The van der Waals surface area contributed by atoms with E-state index in [0.29, 0.717) is 11.7 Å². The van der Waals surface area contributed by atoms with Crippen molar-refractivity contribution in [1.29, 1.82) is 0 Å². The first-order valence-electron chi connectivity index (χ1n) is 6.19. The molecule has 2 aromatic rings. The van der Waals surface area contributed by atoms with Crippen LogP contribution in [0.2, 0.25) is 0 Å². The maximum absolute atomic E-state index is 11.7. The summed E-state index contributed by atoms with van der Waals surface area (Å²) >= 11 is 0. The number of hydrogen-bond donors (Lipinski definition) is 1. The number of aryl methyl sites for hydroxylation is 2. The monoisotopic (exact) mass is 241 g/mol. The van der Waals surface area contributed by atoms with Gasteiger partial charge in [-0.15, -0.1) is 0 Å². The van der Waals surface area contributed by atoms with Crippen LogP contribution in [0.5, 0.6) is 0 Å². The molecule has 4 nitrogen and oxygen atoms in total. The lowest BCUT2D eigenvalue weighted by Crippen LogP contribution is -2.10. The van der Waals surface area contributed by atoms with Crippen LogP contribution in [0.1, 0.15) is 35.8 Å². The van der Waals surface area contributed by atoms with Gasteiger partial charge in [0.1, 0.15) is 5.82 Å². The molecular formula is C14H15N3O. The average molecular weight is 241 g/mol. The normalized spacial score (nSPS) is 14.8. The maximum Gasteiger partial charge on any atom is 0.251 e. The van der Waals surface area contributed by atoms with E-state index in [4.69, 9.17) is 0 Å². The molecule has 3 rings (SSSR count). The lowest BCUT2D eigenvalue weighted by molar-refractivity contribution is 0.974. The van der Waals surface area contributed by atoms with E-state index in [-0.39, 0.29) is 5.56 Å². The fourth-order valence-electron chi connectivity index (χ4n) is 2.17. The summed E-state index contributed by atoms with van der Waals surface area (Å²) in [5.74, 6) is 1.13. The molecule has 0 aromatic carbocycles. The van der Waals surface area contributed by atoms with Crippen molar-refractivity contribution in [3.8, 4) is 11.4 Å². The summed E-state index contributed by atoms with van der Waals surface area (Å²) in [5, 5.41) is 0. The van der Waals surface area contributed by atoms with Crippen molar-refractivity contribution in [1.82, 2.24) is 15.0 Å². The summed E-state index contributed by atoms with van der Waals surface area (Å²) < 4.78 is 0. The highest BCUT2D eigenvalue weighted by Gasteiger charge is 2.25. The Hall–Kier alpha value is -1.97. The van der Waals surface area contributed by atoms with Gasteiger partial charge in [0.15, 0.2) is 0 Å². The minimum atomic E-state index is -0.0750. The number of hydrogen-bond acceptors (Lipinski definition) is 3. The molecule has 1 aliphatic carbocycles. The van der Waals surface area contributed by atoms with Crippen LogP contribution in [0.4, 0.5) is 0 Å². The predicted octanol–water partition coefficient (Wildman–Crippen LogP) is 2.33. The highest BCUT2D eigenvalue weighted by molar-refractivity contribution is 5.56. The third kappa shape index (κ3) is 2.18. The molecule has 0 bridgehead atoms. The third-order valence-corrected chi connectivity index (χ3v) is 3.11. The smallest absolute Gasteiger partial charge is 0.251 e. The Morgan fingerprint density at radius 1 is 1.11 bits per heavy atom. The van der Waals surface area contributed by atoms with Crippen LogP contribution < -0.4 is 5.56 Å². The van der Waals surface area contributed by atoms with Crippen molar-refractivity contribution in [2.24, 2.45) is 0 Å². The quantitative estimate of drug-likeness (QED) is 0.877. The Morgan fingerprint density at radius 2 is 1.78 bits per heavy atom. The van der Waals surface area contributed by atoms with Gasteiger partial charge in [-0.25, -0.2) is 4.98 Å². The second kappa shape index (κ2) is 4.05. The Kier molecular flexibility index (Phi) is 2.51. The molecule has 1 aliphatic rings. The topological polar surface area (TPSA) is 58.6 Å². The number of aromatic nitrogens is 3. The summed E-state index contributed by atoms with van der Waals surface area (Å²) in [5.41, 5.74) is 3.64. The van der Waals surface area contributed by atoms with Crippen molar-refractivity contribution >= 4 is 0 Å². The molecule has 0 spiro atoms. The van der Waals surface area contributed by atoms with E-state index >= 15 is 0 Å². The number of pyridine rings is 1. The zero-order valence-corrected chi connectivity index (χ0v) is 10.5. The van der Waals surface area contributed by atoms with Gasteiger partial charge in [0.25, 0.3) is 5.56 Å². The summed E-state index contributed by atoms with van der Waals surface area (Å²) in [4.78, 5) is 23.4. The Morgan fingerprint density at radius 3 is 2.39 bits per heavy atom. The Labute approximate surface area is 105 Å². The zero-order valence-electron chi connectivity index (χ0n) is 10.5. The molecule has 1 saturated carbocycles. The molecular weight excluding hydrogens is 226 g/mol. The van der Waals surface area contributed by atoms with E-state index in [9.17, 15) is 4.79 Å². The van der Waals surface area contributed by atoms with E-state index in [1.807, 2.05) is 26.0 Å². The first-order chi connectivity index (χ1) is 8.61. The van der Waals surface area contributed by atoms with Crippen LogP contribution in [0.15, 0.2) is 23.0 Å². The van der Waals surface area contributed by atoms with E-state index < -0.39 is 0 Å². The van der Waals surface area contributed by atoms with Crippen molar-refractivity contribution in [2.45, 2.75) is 32.6 Å². The molecule has 2 heterocycles. The minimum Gasteiger partial charge on any atom is -0.307 e. The number of nitrogens with zero attached hydrogens (tertiary/aromatic N) is 2. The molecule has 18 heavy (non-hydrogen) atoms. The van der Waals surface area contributed by atoms with Crippen LogP contribution in [0.3, 0.4) is 0 Å². The molecule has 0 aliphatic heterocycles. The number of nitrogens with one attached hydrogen (secondary N) is 1. The molecule has 0 saturated heterocycles. The average Bonchev–Trinajstić information content (AvgIpc) is 3.10. The first-order valence-corrected chi connectivity index (χ1v) is 6.19. The highest BCUT2D eigenvalue weighted by atomic mass is 16.1. The van der Waals surface area contributed by atoms with Gasteiger partial charge >= 0.3 is 0 Å². The van der Waals surface area contributed by atoms with Crippen LogP contribution in [-0.2, 0) is 0 Å². The number of rotatable bonds is 2. The molecule has 0 unspecified atom stereocenters. The lowest BCUT2D eigenvalue weighted by Gasteiger charge is -2.05. The van der Waals surface area contributed by atoms with Gasteiger partial charge in [-0.05, 0) is 38.8 Å². The van der Waals surface area contributed by atoms with Gasteiger partial charge in [0.05, 0.1) is 5.69 Å². The number of aromatic amines is 1. The van der Waals surface area contributed by atoms with Gasteiger partial charge in [0, 0.05) is 28.9 Å². The largest absolute Gasteiger partial charge is 0.307 e. The number of H-pyrrole nitrogens is 1. The molecule has 0 amide bonds. The van der Waals surface area contributed by atoms with Crippen LogP contribution in [0.25, 0.3) is 11.4 Å². The summed E-state index contributed by atoms with van der Waals surface area (Å²) in [6.07, 6.45) is 2.29. The lowest BCUT2D eigenvalue weighted by atomic mass is 10.1. The Balaban J connectivity index is 2.12. The fourth-order valence-corrected chi connectivity index (χ4v) is 2.17. The van der Waals surface area contributed by atoms with Crippen LogP contribution in [0, 0.1) is 13.8 Å². The van der Waals surface area contributed by atoms with E-state index in [1.165, 1.54) is 0 Å².